The van der Waals surface area contributed by atoms with Gasteiger partial charge in [0.1, 0.15) is 11.2 Å². The second-order valence-electron chi connectivity index (χ2n) is 11.6. The van der Waals surface area contributed by atoms with Crippen LogP contribution in [-0.2, 0) is 0 Å². The zero-order valence-corrected chi connectivity index (χ0v) is 24.6. The molecule has 0 atom stereocenters. The Morgan fingerprint density at radius 1 is 0.413 bits per heavy atom. The van der Waals surface area contributed by atoms with E-state index < -0.39 is 0 Å². The first-order valence-corrected chi connectivity index (χ1v) is 15.4. The van der Waals surface area contributed by atoms with Crippen LogP contribution in [0.4, 0.5) is 0 Å². The van der Waals surface area contributed by atoms with Crippen LogP contribution < -0.4 is 0 Å². The molecule has 5 heteroatoms. The van der Waals surface area contributed by atoms with E-state index in [-0.39, 0.29) is 0 Å². The maximum absolute atomic E-state index is 6.73. The monoisotopic (exact) mass is 588 g/mol. The van der Waals surface area contributed by atoms with Gasteiger partial charge in [0.15, 0.2) is 11.6 Å². The summed E-state index contributed by atoms with van der Waals surface area (Å²) in [5.74, 6) is 1.80. The molecular formula is C41H24N4O. The van der Waals surface area contributed by atoms with Crippen molar-refractivity contribution in [1.82, 2.24) is 19.5 Å². The molecule has 5 nitrogen and oxygen atoms in total. The molecule has 46 heavy (non-hydrogen) atoms. The van der Waals surface area contributed by atoms with E-state index in [1.54, 1.807) is 0 Å². The van der Waals surface area contributed by atoms with Crippen LogP contribution in [0, 0.1) is 0 Å². The molecular weight excluding hydrogens is 564 g/mol. The average Bonchev–Trinajstić information content (AvgIpc) is 3.69. The van der Waals surface area contributed by atoms with E-state index in [1.165, 1.54) is 10.8 Å². The summed E-state index contributed by atoms with van der Waals surface area (Å²) in [6.45, 7) is 0. The van der Waals surface area contributed by atoms with Crippen LogP contribution in [0.25, 0.3) is 94.0 Å². The minimum absolute atomic E-state index is 0.559. The number of fused-ring (bicyclic) bond motifs is 12. The average molecular weight is 589 g/mol. The predicted octanol–water partition coefficient (Wildman–Crippen LogP) is 10.5. The molecule has 3 heterocycles. The molecule has 0 aliphatic rings. The minimum atomic E-state index is 0.559. The van der Waals surface area contributed by atoms with Crippen molar-refractivity contribution in [3.63, 3.8) is 0 Å². The molecule has 0 spiro atoms. The van der Waals surface area contributed by atoms with Crippen LogP contribution in [0.2, 0.25) is 0 Å². The van der Waals surface area contributed by atoms with Crippen molar-refractivity contribution in [2.45, 2.75) is 0 Å². The molecule has 0 fully saturated rings. The number of furan rings is 1. The predicted molar refractivity (Wildman–Crippen MR) is 187 cm³/mol. The molecule has 0 radical (unpaired) electrons. The van der Waals surface area contributed by atoms with E-state index >= 15 is 0 Å². The first-order valence-electron chi connectivity index (χ1n) is 15.4. The van der Waals surface area contributed by atoms with Crippen molar-refractivity contribution >= 4 is 65.3 Å². The Balaban J connectivity index is 1.45. The van der Waals surface area contributed by atoms with Crippen molar-refractivity contribution in [1.29, 1.82) is 0 Å². The fourth-order valence-electron chi connectivity index (χ4n) is 7.04. The van der Waals surface area contributed by atoms with E-state index in [1.807, 2.05) is 72.8 Å². The molecule has 0 N–H and O–H groups in total. The second-order valence-corrected chi connectivity index (χ2v) is 11.6. The number of benzene rings is 7. The highest BCUT2D eigenvalue weighted by Crippen LogP contribution is 2.46. The fourth-order valence-corrected chi connectivity index (χ4v) is 7.04. The Hall–Kier alpha value is -6.33. The largest absolute Gasteiger partial charge is 0.455 e. The van der Waals surface area contributed by atoms with Gasteiger partial charge in [0.2, 0.25) is 5.95 Å². The minimum Gasteiger partial charge on any atom is -0.455 e. The van der Waals surface area contributed by atoms with Gasteiger partial charge in [-0.1, -0.05) is 127 Å². The molecule has 3 aromatic heterocycles. The molecule has 0 aliphatic heterocycles. The van der Waals surface area contributed by atoms with Gasteiger partial charge in [-0.2, -0.15) is 9.97 Å². The van der Waals surface area contributed by atoms with Gasteiger partial charge in [0.05, 0.1) is 16.4 Å². The van der Waals surface area contributed by atoms with Gasteiger partial charge in [-0.05, 0) is 34.4 Å². The van der Waals surface area contributed by atoms with Gasteiger partial charge in [0, 0.05) is 32.7 Å². The van der Waals surface area contributed by atoms with Crippen LogP contribution in [0.3, 0.4) is 0 Å². The summed E-state index contributed by atoms with van der Waals surface area (Å²) in [4.78, 5) is 15.4. The van der Waals surface area contributed by atoms with E-state index in [0.717, 1.165) is 65.6 Å². The number of para-hydroxylation sites is 2. The van der Waals surface area contributed by atoms with Crippen molar-refractivity contribution in [2.24, 2.45) is 0 Å². The van der Waals surface area contributed by atoms with Crippen LogP contribution in [0.1, 0.15) is 0 Å². The lowest BCUT2D eigenvalue weighted by atomic mass is 9.95. The van der Waals surface area contributed by atoms with Gasteiger partial charge >= 0.3 is 0 Å². The molecule has 0 bridgehead atoms. The smallest absolute Gasteiger partial charge is 0.238 e. The summed E-state index contributed by atoms with van der Waals surface area (Å²) >= 11 is 0. The summed E-state index contributed by atoms with van der Waals surface area (Å²) in [7, 11) is 0. The lowest BCUT2D eigenvalue weighted by Crippen LogP contribution is -2.06. The Bertz CT molecular complexity index is 2740. The maximum Gasteiger partial charge on any atom is 0.238 e. The molecule has 0 aliphatic carbocycles. The third kappa shape index (κ3) is 3.54. The summed E-state index contributed by atoms with van der Waals surface area (Å²) in [5.41, 5.74) is 5.63. The standard InChI is InChI=1S/C41H24N4O/c1-3-13-25(14-4-1)39-42-40(26-15-5-2-6-16-26)44-41(43-39)45-33-21-11-9-20-32(33)35-29-19-8-7-17-27(29)30-23-24-31-28-18-10-12-22-34(28)46-38(31)36(30)37(35)45/h1-24H. The van der Waals surface area contributed by atoms with Crippen LogP contribution in [0.5, 0.6) is 0 Å². The highest BCUT2D eigenvalue weighted by molar-refractivity contribution is 6.36. The zero-order valence-electron chi connectivity index (χ0n) is 24.6. The van der Waals surface area contributed by atoms with Crippen LogP contribution in [-0.4, -0.2) is 19.5 Å². The number of aromatic nitrogens is 4. The Kier molecular flexibility index (Phi) is 5.22. The van der Waals surface area contributed by atoms with Crippen molar-refractivity contribution < 1.29 is 4.42 Å². The van der Waals surface area contributed by atoms with Crippen molar-refractivity contribution in [3.05, 3.63) is 146 Å². The van der Waals surface area contributed by atoms with Crippen LogP contribution >= 0.6 is 0 Å². The molecule has 7 aromatic carbocycles. The van der Waals surface area contributed by atoms with E-state index in [0.29, 0.717) is 17.6 Å². The second kappa shape index (κ2) is 9.58. The third-order valence-electron chi connectivity index (χ3n) is 9.03. The van der Waals surface area contributed by atoms with Gasteiger partial charge in [0.25, 0.3) is 0 Å². The maximum atomic E-state index is 6.73. The molecule has 0 saturated carbocycles. The molecule has 214 valence electrons. The lowest BCUT2D eigenvalue weighted by Gasteiger charge is -2.13. The van der Waals surface area contributed by atoms with E-state index in [4.69, 9.17) is 19.4 Å². The normalized spacial score (nSPS) is 11.9. The van der Waals surface area contributed by atoms with Gasteiger partial charge in [-0.25, -0.2) is 4.98 Å². The Morgan fingerprint density at radius 3 is 1.67 bits per heavy atom. The van der Waals surface area contributed by atoms with Crippen molar-refractivity contribution in [3.8, 4) is 28.7 Å². The van der Waals surface area contributed by atoms with Gasteiger partial charge in [-0.3, -0.25) is 4.57 Å². The molecule has 10 aromatic rings. The van der Waals surface area contributed by atoms with Crippen molar-refractivity contribution in [2.75, 3.05) is 0 Å². The first-order chi connectivity index (χ1) is 22.8. The Labute approximate surface area is 263 Å². The number of rotatable bonds is 3. The SMILES string of the molecule is c1ccc(-c2nc(-c3ccccc3)nc(-n3c4ccccc4c4c5ccccc5c5ccc6c7ccccc7oc6c5c43)n2)cc1. The molecule has 0 amide bonds. The summed E-state index contributed by atoms with van der Waals surface area (Å²) in [6, 6.07) is 50.1. The highest BCUT2D eigenvalue weighted by Gasteiger charge is 2.24. The first kappa shape index (κ1) is 25.0. The van der Waals surface area contributed by atoms with Gasteiger partial charge < -0.3 is 4.42 Å². The molecule has 0 saturated heterocycles. The fraction of sp³-hybridized carbons (Fsp3) is 0. The number of hydrogen-bond donors (Lipinski definition) is 0. The zero-order chi connectivity index (χ0) is 30.2. The molecule has 10 rings (SSSR count). The topological polar surface area (TPSA) is 56.7 Å². The van der Waals surface area contributed by atoms with Gasteiger partial charge in [-0.15, -0.1) is 0 Å². The Morgan fingerprint density at radius 2 is 0.957 bits per heavy atom. The van der Waals surface area contributed by atoms with E-state index in [2.05, 4.69) is 77.4 Å². The van der Waals surface area contributed by atoms with Crippen LogP contribution in [0.15, 0.2) is 150 Å². The number of hydrogen-bond acceptors (Lipinski definition) is 4. The summed E-state index contributed by atoms with van der Waals surface area (Å²) < 4.78 is 8.94. The quantitative estimate of drug-likeness (QED) is 0.193. The highest BCUT2D eigenvalue weighted by atomic mass is 16.3. The third-order valence-corrected chi connectivity index (χ3v) is 9.03. The van der Waals surface area contributed by atoms with E-state index in [9.17, 15) is 0 Å². The number of nitrogens with zero attached hydrogens (tertiary/aromatic N) is 4. The summed E-state index contributed by atoms with van der Waals surface area (Å²) in [5, 5.41) is 8.99. The molecule has 0 unspecified atom stereocenters. The summed E-state index contributed by atoms with van der Waals surface area (Å²) in [6.07, 6.45) is 0. The lowest BCUT2D eigenvalue weighted by molar-refractivity contribution is 0.673.